The molecule has 50 heavy (non-hydrogen) atoms. The zero-order valence-electron chi connectivity index (χ0n) is 32.2. The highest BCUT2D eigenvalue weighted by Crippen LogP contribution is 2.14. The summed E-state index contributed by atoms with van der Waals surface area (Å²) in [6.07, 6.45) is 22.5. The predicted molar refractivity (Wildman–Crippen MR) is 197 cm³/mol. The Morgan fingerprint density at radius 2 is 0.640 bits per heavy atom. The van der Waals surface area contributed by atoms with Crippen molar-refractivity contribution in [3.63, 3.8) is 0 Å². The van der Waals surface area contributed by atoms with E-state index in [0.717, 1.165) is 32.5 Å². The molecule has 0 saturated carbocycles. The van der Waals surface area contributed by atoms with Crippen LogP contribution in [0.5, 0.6) is 0 Å². The highest BCUT2D eigenvalue weighted by molar-refractivity contribution is 4.54. The summed E-state index contributed by atoms with van der Waals surface area (Å²) < 4.78 is 61.0. The smallest absolute Gasteiger partial charge is 0.157 e. The van der Waals surface area contributed by atoms with Crippen LogP contribution in [0.15, 0.2) is 0 Å². The van der Waals surface area contributed by atoms with Crippen LogP contribution in [0.25, 0.3) is 0 Å². The SMILES string of the molecule is CCCCCCCCCCCCCCCCOCCOCCOCCOCCOCCOCCOCCOCCOCCOC1CCCCO1. The van der Waals surface area contributed by atoms with Crippen molar-refractivity contribution in [1.82, 2.24) is 0 Å². The molecular weight excluding hydrogens is 644 g/mol. The van der Waals surface area contributed by atoms with E-state index in [0.29, 0.717) is 119 Å². The van der Waals surface area contributed by atoms with Crippen molar-refractivity contribution in [3.8, 4) is 0 Å². The van der Waals surface area contributed by atoms with Crippen LogP contribution in [0.2, 0.25) is 0 Å². The van der Waals surface area contributed by atoms with Crippen molar-refractivity contribution in [3.05, 3.63) is 0 Å². The van der Waals surface area contributed by atoms with E-state index in [4.69, 9.17) is 52.1 Å². The second-order valence-electron chi connectivity index (χ2n) is 12.8. The molecule has 1 atom stereocenters. The van der Waals surface area contributed by atoms with Gasteiger partial charge in [-0.3, -0.25) is 0 Å². The molecule has 1 aliphatic heterocycles. The molecule has 1 saturated heterocycles. The van der Waals surface area contributed by atoms with Crippen molar-refractivity contribution < 1.29 is 52.1 Å². The van der Waals surface area contributed by atoms with Gasteiger partial charge in [0.05, 0.1) is 119 Å². The number of hydrogen-bond donors (Lipinski definition) is 0. The molecular formula is C39H78O11. The summed E-state index contributed by atoms with van der Waals surface area (Å²) in [5.41, 5.74) is 0. The molecule has 1 rings (SSSR count). The van der Waals surface area contributed by atoms with E-state index < -0.39 is 0 Å². The Kier molecular flexibility index (Phi) is 40.9. The highest BCUT2D eigenvalue weighted by atomic mass is 16.7. The first-order chi connectivity index (χ1) is 24.9. The largest absolute Gasteiger partial charge is 0.379 e. The maximum atomic E-state index is 5.68. The average molecular weight is 723 g/mol. The third-order valence-electron chi connectivity index (χ3n) is 8.29. The quantitative estimate of drug-likeness (QED) is 0.0600. The maximum absolute atomic E-state index is 5.68. The first kappa shape index (κ1) is 47.6. The highest BCUT2D eigenvalue weighted by Gasteiger charge is 2.13. The summed E-state index contributed by atoms with van der Waals surface area (Å²) in [5.74, 6) is 0. The summed E-state index contributed by atoms with van der Waals surface area (Å²) in [7, 11) is 0. The number of unbranched alkanes of at least 4 members (excludes halogenated alkanes) is 13. The van der Waals surface area contributed by atoms with Gasteiger partial charge in [-0.05, 0) is 25.7 Å². The van der Waals surface area contributed by atoms with Crippen molar-refractivity contribution >= 4 is 0 Å². The van der Waals surface area contributed by atoms with E-state index in [1.54, 1.807) is 0 Å². The molecule has 11 nitrogen and oxygen atoms in total. The minimum absolute atomic E-state index is 0.0605. The molecule has 1 heterocycles. The molecule has 1 unspecified atom stereocenters. The summed E-state index contributed by atoms with van der Waals surface area (Å²) in [6.45, 7) is 13.9. The van der Waals surface area contributed by atoms with Gasteiger partial charge < -0.3 is 52.1 Å². The minimum atomic E-state index is -0.0605. The molecule has 0 aromatic rings. The maximum Gasteiger partial charge on any atom is 0.157 e. The van der Waals surface area contributed by atoms with Crippen LogP contribution in [0.4, 0.5) is 0 Å². The topological polar surface area (TPSA) is 102 Å². The van der Waals surface area contributed by atoms with E-state index >= 15 is 0 Å². The van der Waals surface area contributed by atoms with Gasteiger partial charge in [-0.25, -0.2) is 0 Å². The Morgan fingerprint density at radius 3 is 0.960 bits per heavy atom. The molecule has 0 amide bonds. The predicted octanol–water partition coefficient (Wildman–Crippen LogP) is 7.16. The van der Waals surface area contributed by atoms with Crippen LogP contribution in [-0.2, 0) is 52.1 Å². The van der Waals surface area contributed by atoms with Crippen molar-refractivity contribution in [2.24, 2.45) is 0 Å². The van der Waals surface area contributed by atoms with Crippen molar-refractivity contribution in [2.75, 3.05) is 132 Å². The van der Waals surface area contributed by atoms with Crippen LogP contribution in [0.3, 0.4) is 0 Å². The fourth-order valence-corrected chi connectivity index (χ4v) is 5.34. The van der Waals surface area contributed by atoms with E-state index in [1.165, 1.54) is 89.9 Å². The molecule has 0 N–H and O–H groups in total. The van der Waals surface area contributed by atoms with Gasteiger partial charge in [0.2, 0.25) is 0 Å². The minimum Gasteiger partial charge on any atom is -0.379 e. The van der Waals surface area contributed by atoms with Gasteiger partial charge in [-0.2, -0.15) is 0 Å². The molecule has 0 spiro atoms. The molecule has 0 aromatic heterocycles. The lowest BCUT2D eigenvalue weighted by molar-refractivity contribution is -0.169. The van der Waals surface area contributed by atoms with Gasteiger partial charge in [0.25, 0.3) is 0 Å². The molecule has 0 bridgehead atoms. The third kappa shape index (κ3) is 38.8. The summed E-state index contributed by atoms with van der Waals surface area (Å²) >= 11 is 0. The van der Waals surface area contributed by atoms with Gasteiger partial charge in [0.1, 0.15) is 0 Å². The molecule has 0 radical (unpaired) electrons. The lowest BCUT2D eigenvalue weighted by atomic mass is 10.0. The van der Waals surface area contributed by atoms with Crippen molar-refractivity contribution in [1.29, 1.82) is 0 Å². The lowest BCUT2D eigenvalue weighted by Crippen LogP contribution is -2.24. The van der Waals surface area contributed by atoms with Crippen LogP contribution < -0.4 is 0 Å². The lowest BCUT2D eigenvalue weighted by Gasteiger charge is -2.22. The molecule has 1 aliphatic rings. The van der Waals surface area contributed by atoms with Crippen LogP contribution >= 0.6 is 0 Å². The van der Waals surface area contributed by atoms with Gasteiger partial charge in [-0.1, -0.05) is 90.4 Å². The van der Waals surface area contributed by atoms with Crippen LogP contribution in [0, 0.1) is 0 Å². The van der Waals surface area contributed by atoms with E-state index in [9.17, 15) is 0 Å². The Labute approximate surface area is 306 Å². The van der Waals surface area contributed by atoms with Crippen LogP contribution in [-0.4, -0.2) is 138 Å². The third-order valence-corrected chi connectivity index (χ3v) is 8.29. The van der Waals surface area contributed by atoms with Gasteiger partial charge in [-0.15, -0.1) is 0 Å². The monoisotopic (exact) mass is 723 g/mol. The van der Waals surface area contributed by atoms with Gasteiger partial charge >= 0.3 is 0 Å². The molecule has 300 valence electrons. The Hall–Kier alpha value is -0.440. The fourth-order valence-electron chi connectivity index (χ4n) is 5.34. The summed E-state index contributed by atoms with van der Waals surface area (Å²) in [6, 6.07) is 0. The molecule has 0 aromatic carbocycles. The fraction of sp³-hybridized carbons (Fsp3) is 1.00. The average Bonchev–Trinajstić information content (AvgIpc) is 3.14. The first-order valence-corrected chi connectivity index (χ1v) is 20.4. The molecule has 1 fully saturated rings. The standard InChI is InChI=1S/C39H78O11/c1-2-3-4-5-6-7-8-9-10-11-12-13-14-16-19-40-21-22-41-23-24-42-25-26-43-27-28-44-29-30-45-31-32-46-33-34-47-35-36-48-37-38-50-39-18-15-17-20-49-39/h39H,2-38H2,1H3. The van der Waals surface area contributed by atoms with Crippen LogP contribution in [0.1, 0.15) is 116 Å². The Morgan fingerprint density at radius 1 is 0.340 bits per heavy atom. The Bertz CT molecular complexity index is 611. The number of hydrogen-bond acceptors (Lipinski definition) is 11. The first-order valence-electron chi connectivity index (χ1n) is 20.4. The normalized spacial score (nSPS) is 14.9. The second-order valence-corrected chi connectivity index (χ2v) is 12.8. The summed E-state index contributed by atoms with van der Waals surface area (Å²) in [4.78, 5) is 0. The number of rotatable bonds is 43. The molecule has 11 heteroatoms. The van der Waals surface area contributed by atoms with Gasteiger partial charge in [0.15, 0.2) is 6.29 Å². The van der Waals surface area contributed by atoms with E-state index in [-0.39, 0.29) is 6.29 Å². The van der Waals surface area contributed by atoms with E-state index in [1.807, 2.05) is 0 Å². The van der Waals surface area contributed by atoms with E-state index in [2.05, 4.69) is 6.92 Å². The van der Waals surface area contributed by atoms with Crippen molar-refractivity contribution in [2.45, 2.75) is 122 Å². The molecule has 0 aliphatic carbocycles. The summed E-state index contributed by atoms with van der Waals surface area (Å²) in [5, 5.41) is 0. The zero-order valence-corrected chi connectivity index (χ0v) is 32.2. The number of ether oxygens (including phenoxy) is 11. The zero-order chi connectivity index (χ0) is 35.5. The second kappa shape index (κ2) is 43.0. The Balaban J connectivity index is 1.59. The van der Waals surface area contributed by atoms with Gasteiger partial charge in [0, 0.05) is 13.2 Å².